The summed E-state index contributed by atoms with van der Waals surface area (Å²) >= 11 is 1.40. The summed E-state index contributed by atoms with van der Waals surface area (Å²) in [6.45, 7) is 1.97. The maximum absolute atomic E-state index is 12.8. The lowest BCUT2D eigenvalue weighted by molar-refractivity contribution is 0.0681. The van der Waals surface area contributed by atoms with Gasteiger partial charge in [-0.15, -0.1) is 11.8 Å². The third kappa shape index (κ3) is 3.98. The van der Waals surface area contributed by atoms with E-state index in [0.717, 1.165) is 16.7 Å². The molecule has 0 unspecified atom stereocenters. The Bertz CT molecular complexity index is 648. The number of aromatic nitrogens is 2. The molecule has 1 aromatic carbocycles. The highest BCUT2D eigenvalue weighted by Crippen LogP contribution is 2.24. The molecule has 0 bridgehead atoms. The van der Waals surface area contributed by atoms with Crippen LogP contribution >= 0.6 is 11.8 Å². The molecule has 0 aliphatic carbocycles. The van der Waals surface area contributed by atoms with Crippen molar-refractivity contribution >= 4 is 17.7 Å². The number of rotatable bonds is 5. The van der Waals surface area contributed by atoms with Crippen LogP contribution in [0.4, 0.5) is 8.78 Å². The SMILES string of the molecule is Cc1ccc(SCc2ncc(C(=O)O)c(C(F)F)n2)cc1. The van der Waals surface area contributed by atoms with Gasteiger partial charge in [-0.2, -0.15) is 0 Å². The average Bonchev–Trinajstić information content (AvgIpc) is 2.46. The molecule has 2 aromatic rings. The zero-order chi connectivity index (χ0) is 15.4. The van der Waals surface area contributed by atoms with Gasteiger partial charge in [0.15, 0.2) is 0 Å². The maximum Gasteiger partial charge on any atom is 0.339 e. The van der Waals surface area contributed by atoms with Gasteiger partial charge in [0.25, 0.3) is 6.43 Å². The Morgan fingerprint density at radius 2 is 2.00 bits per heavy atom. The van der Waals surface area contributed by atoms with E-state index in [1.54, 1.807) is 0 Å². The Kier molecular flexibility index (Phi) is 4.85. The van der Waals surface area contributed by atoms with Gasteiger partial charge in [-0.05, 0) is 19.1 Å². The predicted octanol–water partition coefficient (Wildman–Crippen LogP) is 3.71. The van der Waals surface area contributed by atoms with Crippen molar-refractivity contribution in [3.63, 3.8) is 0 Å². The largest absolute Gasteiger partial charge is 0.478 e. The molecular weight excluding hydrogens is 298 g/mol. The lowest BCUT2D eigenvalue weighted by Crippen LogP contribution is -2.09. The Morgan fingerprint density at radius 1 is 1.33 bits per heavy atom. The minimum absolute atomic E-state index is 0.181. The van der Waals surface area contributed by atoms with E-state index < -0.39 is 23.7 Å². The second-order valence-corrected chi connectivity index (χ2v) is 5.34. The zero-order valence-corrected chi connectivity index (χ0v) is 11.9. The van der Waals surface area contributed by atoms with Crippen LogP contribution in [0.3, 0.4) is 0 Å². The van der Waals surface area contributed by atoms with Gasteiger partial charge < -0.3 is 5.11 Å². The van der Waals surface area contributed by atoms with Crippen molar-refractivity contribution in [1.82, 2.24) is 9.97 Å². The molecule has 21 heavy (non-hydrogen) atoms. The van der Waals surface area contributed by atoms with Crippen molar-refractivity contribution in [3.05, 3.63) is 53.1 Å². The molecule has 110 valence electrons. The van der Waals surface area contributed by atoms with Crippen LogP contribution in [0.5, 0.6) is 0 Å². The van der Waals surface area contributed by atoms with Gasteiger partial charge in [-0.1, -0.05) is 17.7 Å². The number of carboxylic acid groups (broad SMARTS) is 1. The first-order valence-electron chi connectivity index (χ1n) is 6.04. The number of aryl methyl sites for hydroxylation is 1. The molecular formula is C14H12F2N2O2S. The molecule has 1 N–H and O–H groups in total. The number of halogens is 2. The van der Waals surface area contributed by atoms with Gasteiger partial charge in [-0.3, -0.25) is 0 Å². The van der Waals surface area contributed by atoms with Crippen LogP contribution in [-0.2, 0) is 5.75 Å². The first kappa shape index (κ1) is 15.4. The number of thioether (sulfide) groups is 1. The molecule has 2 rings (SSSR count). The monoisotopic (exact) mass is 310 g/mol. The second kappa shape index (κ2) is 6.62. The number of carbonyl (C=O) groups is 1. The smallest absolute Gasteiger partial charge is 0.339 e. The topological polar surface area (TPSA) is 63.1 Å². The molecule has 1 heterocycles. The average molecular weight is 310 g/mol. The number of aromatic carboxylic acids is 1. The van der Waals surface area contributed by atoms with Crippen LogP contribution < -0.4 is 0 Å². The van der Waals surface area contributed by atoms with E-state index in [0.29, 0.717) is 5.75 Å². The molecule has 7 heteroatoms. The number of hydrogen-bond donors (Lipinski definition) is 1. The van der Waals surface area contributed by atoms with Crippen molar-refractivity contribution in [2.45, 2.75) is 24.0 Å². The van der Waals surface area contributed by atoms with Gasteiger partial charge in [-0.25, -0.2) is 23.5 Å². The summed E-state index contributed by atoms with van der Waals surface area (Å²) < 4.78 is 25.6. The lowest BCUT2D eigenvalue weighted by Gasteiger charge is -2.06. The Balaban J connectivity index is 2.15. The first-order valence-corrected chi connectivity index (χ1v) is 7.02. The van der Waals surface area contributed by atoms with E-state index in [4.69, 9.17) is 5.11 Å². The lowest BCUT2D eigenvalue weighted by atomic mass is 10.2. The molecule has 0 radical (unpaired) electrons. The molecule has 0 atom stereocenters. The molecule has 0 aliphatic rings. The third-order valence-electron chi connectivity index (χ3n) is 2.69. The first-order chi connectivity index (χ1) is 9.97. The van der Waals surface area contributed by atoms with Gasteiger partial charge >= 0.3 is 5.97 Å². The van der Waals surface area contributed by atoms with Crippen LogP contribution in [-0.4, -0.2) is 21.0 Å². The highest BCUT2D eigenvalue weighted by atomic mass is 32.2. The van der Waals surface area contributed by atoms with Crippen LogP contribution in [0.15, 0.2) is 35.4 Å². The van der Waals surface area contributed by atoms with Gasteiger partial charge in [0, 0.05) is 11.1 Å². The summed E-state index contributed by atoms with van der Waals surface area (Å²) in [6, 6.07) is 7.72. The number of hydrogen-bond acceptors (Lipinski definition) is 4. The van der Waals surface area contributed by atoms with Crippen molar-refractivity contribution < 1.29 is 18.7 Å². The van der Waals surface area contributed by atoms with Gasteiger partial charge in [0.2, 0.25) is 0 Å². The quantitative estimate of drug-likeness (QED) is 0.853. The van der Waals surface area contributed by atoms with E-state index in [1.165, 1.54) is 11.8 Å². The number of benzene rings is 1. The van der Waals surface area contributed by atoms with E-state index in [9.17, 15) is 13.6 Å². The minimum Gasteiger partial charge on any atom is -0.478 e. The van der Waals surface area contributed by atoms with Crippen LogP contribution in [0.25, 0.3) is 0 Å². The molecule has 0 saturated heterocycles. The predicted molar refractivity (Wildman–Crippen MR) is 74.7 cm³/mol. The summed E-state index contributed by atoms with van der Waals surface area (Å²) in [5, 5.41) is 8.82. The van der Waals surface area contributed by atoms with E-state index in [2.05, 4.69) is 9.97 Å². The van der Waals surface area contributed by atoms with Gasteiger partial charge in [0.05, 0.1) is 5.75 Å². The van der Waals surface area contributed by atoms with E-state index >= 15 is 0 Å². The number of nitrogens with zero attached hydrogens (tertiary/aromatic N) is 2. The van der Waals surface area contributed by atoms with Crippen LogP contribution in [0.2, 0.25) is 0 Å². The third-order valence-corrected chi connectivity index (χ3v) is 3.70. The molecule has 1 aromatic heterocycles. The standard InChI is InChI=1S/C14H12F2N2O2S/c1-8-2-4-9(5-3-8)21-7-11-17-6-10(14(19)20)12(18-11)13(15)16/h2-6,13H,7H2,1H3,(H,19,20). The fraction of sp³-hybridized carbons (Fsp3) is 0.214. The molecule has 0 saturated carbocycles. The van der Waals surface area contributed by atoms with Crippen molar-refractivity contribution in [3.8, 4) is 0 Å². The summed E-state index contributed by atoms with van der Waals surface area (Å²) in [6.07, 6.45) is -2.01. The molecule has 0 amide bonds. The van der Waals surface area contributed by atoms with Crippen molar-refractivity contribution in [2.24, 2.45) is 0 Å². The molecule has 4 nitrogen and oxygen atoms in total. The zero-order valence-electron chi connectivity index (χ0n) is 11.1. The Morgan fingerprint density at radius 3 is 2.57 bits per heavy atom. The van der Waals surface area contributed by atoms with Gasteiger partial charge in [0.1, 0.15) is 17.1 Å². The summed E-state index contributed by atoms with van der Waals surface area (Å²) in [5.74, 6) is -0.980. The van der Waals surface area contributed by atoms with Crippen LogP contribution in [0.1, 0.15) is 33.9 Å². The molecule has 0 spiro atoms. The minimum atomic E-state index is -2.94. The summed E-state index contributed by atoms with van der Waals surface area (Å²) in [5.41, 5.74) is -0.174. The Labute approximate surface area is 124 Å². The maximum atomic E-state index is 12.8. The highest BCUT2D eigenvalue weighted by molar-refractivity contribution is 7.98. The summed E-state index contributed by atoms with van der Waals surface area (Å²) in [4.78, 5) is 19.3. The number of alkyl halides is 2. The fourth-order valence-electron chi connectivity index (χ4n) is 1.62. The second-order valence-electron chi connectivity index (χ2n) is 4.29. The van der Waals surface area contributed by atoms with E-state index in [-0.39, 0.29) is 5.82 Å². The Hall–Kier alpha value is -2.02. The van der Waals surface area contributed by atoms with Crippen LogP contribution in [0, 0.1) is 6.92 Å². The molecule has 0 aliphatic heterocycles. The highest BCUT2D eigenvalue weighted by Gasteiger charge is 2.21. The normalized spacial score (nSPS) is 10.9. The van der Waals surface area contributed by atoms with Crippen molar-refractivity contribution in [1.29, 1.82) is 0 Å². The molecule has 0 fully saturated rings. The number of carboxylic acids is 1. The summed E-state index contributed by atoms with van der Waals surface area (Å²) in [7, 11) is 0. The fourth-order valence-corrected chi connectivity index (χ4v) is 2.38. The van der Waals surface area contributed by atoms with E-state index in [1.807, 2.05) is 31.2 Å². The van der Waals surface area contributed by atoms with Crippen molar-refractivity contribution in [2.75, 3.05) is 0 Å².